The third kappa shape index (κ3) is 3.61. The zero-order valence-corrected chi connectivity index (χ0v) is 15.0. The van der Waals surface area contributed by atoms with Crippen LogP contribution in [0.15, 0.2) is 24.3 Å². The predicted molar refractivity (Wildman–Crippen MR) is 95.5 cm³/mol. The number of nitrogens with zero attached hydrogens (tertiary/aromatic N) is 1. The van der Waals surface area contributed by atoms with Gasteiger partial charge in [0.1, 0.15) is 12.4 Å². The smallest absolute Gasteiger partial charge is 0.119 e. The quantitative estimate of drug-likeness (QED) is 0.833. The van der Waals surface area contributed by atoms with Crippen LogP contribution in [0.25, 0.3) is 0 Å². The lowest BCUT2D eigenvalue weighted by Crippen LogP contribution is -2.62. The van der Waals surface area contributed by atoms with Gasteiger partial charge in [0.05, 0.1) is 12.2 Å². The van der Waals surface area contributed by atoms with E-state index in [2.05, 4.69) is 30.0 Å². The summed E-state index contributed by atoms with van der Waals surface area (Å²) in [6.07, 6.45) is 3.99. The van der Waals surface area contributed by atoms with E-state index in [1.165, 1.54) is 5.56 Å². The molecule has 1 aromatic carbocycles. The molecule has 1 aliphatic heterocycles. The largest absolute Gasteiger partial charge is 0.492 e. The molecular weight excluding hydrogens is 302 g/mol. The molecule has 0 bridgehead atoms. The van der Waals surface area contributed by atoms with Crippen LogP contribution in [0, 0.1) is 5.41 Å². The Morgan fingerprint density at radius 1 is 1.25 bits per heavy atom. The highest BCUT2D eigenvalue weighted by Crippen LogP contribution is 2.50. The second kappa shape index (κ2) is 7.85. The Morgan fingerprint density at radius 2 is 2.04 bits per heavy atom. The van der Waals surface area contributed by atoms with Gasteiger partial charge in [-0.25, -0.2) is 0 Å². The van der Waals surface area contributed by atoms with Crippen LogP contribution in [0.3, 0.4) is 0 Å². The molecular formula is C20H31NO3. The second-order valence-corrected chi connectivity index (χ2v) is 7.12. The lowest BCUT2D eigenvalue weighted by Gasteiger charge is -2.56. The van der Waals surface area contributed by atoms with Crippen molar-refractivity contribution in [2.75, 3.05) is 32.8 Å². The van der Waals surface area contributed by atoms with E-state index in [0.29, 0.717) is 0 Å². The standard InChI is InChI=1S/C20H31NO3/c1-3-16-6-5-7-17(14-16)24-13-12-21-10-8-20(9-11-21)18(22)15-19(20)23-4-2/h5-7,14,18-19,22H,3-4,8-13,15H2,1-2H3. The number of aliphatic hydroxyl groups excluding tert-OH is 1. The van der Waals surface area contributed by atoms with Gasteiger partial charge in [-0.1, -0.05) is 19.1 Å². The molecule has 1 aliphatic carbocycles. The Morgan fingerprint density at radius 3 is 2.71 bits per heavy atom. The molecule has 0 aromatic heterocycles. The molecule has 2 atom stereocenters. The Labute approximate surface area is 145 Å². The molecule has 4 nitrogen and oxygen atoms in total. The average molecular weight is 333 g/mol. The van der Waals surface area contributed by atoms with E-state index in [1.54, 1.807) is 0 Å². The molecule has 1 aromatic rings. The lowest BCUT2D eigenvalue weighted by atomic mass is 9.58. The molecule has 1 saturated carbocycles. The van der Waals surface area contributed by atoms with Gasteiger partial charge in [0, 0.05) is 25.0 Å². The number of piperidine rings is 1. The van der Waals surface area contributed by atoms with E-state index in [9.17, 15) is 5.11 Å². The maximum Gasteiger partial charge on any atom is 0.119 e. The number of aliphatic hydroxyl groups is 1. The van der Waals surface area contributed by atoms with Crippen LogP contribution in [0.2, 0.25) is 0 Å². The van der Waals surface area contributed by atoms with Gasteiger partial charge in [-0.3, -0.25) is 4.90 Å². The summed E-state index contributed by atoms with van der Waals surface area (Å²) < 4.78 is 11.7. The second-order valence-electron chi connectivity index (χ2n) is 7.12. The first-order valence-electron chi connectivity index (χ1n) is 9.41. The maximum atomic E-state index is 10.3. The Balaban J connectivity index is 1.42. The molecule has 0 radical (unpaired) electrons. The minimum Gasteiger partial charge on any atom is -0.492 e. The first-order chi connectivity index (χ1) is 11.7. The van der Waals surface area contributed by atoms with Gasteiger partial charge in [-0.2, -0.15) is 0 Å². The highest BCUT2D eigenvalue weighted by molar-refractivity contribution is 5.28. The SMILES string of the molecule is CCOC1CC(O)C12CCN(CCOc1cccc(CC)c1)CC2. The van der Waals surface area contributed by atoms with E-state index in [4.69, 9.17) is 9.47 Å². The van der Waals surface area contributed by atoms with Crippen LogP contribution >= 0.6 is 0 Å². The Kier molecular flexibility index (Phi) is 5.80. The minimum atomic E-state index is -0.177. The number of hydrogen-bond acceptors (Lipinski definition) is 4. The highest BCUT2D eigenvalue weighted by Gasteiger charge is 2.55. The zero-order chi connectivity index (χ0) is 17.0. The summed E-state index contributed by atoms with van der Waals surface area (Å²) >= 11 is 0. The van der Waals surface area contributed by atoms with Crippen LogP contribution < -0.4 is 4.74 Å². The molecule has 3 rings (SSSR count). The first-order valence-corrected chi connectivity index (χ1v) is 9.41. The van der Waals surface area contributed by atoms with E-state index >= 15 is 0 Å². The number of rotatable bonds is 7. The van der Waals surface area contributed by atoms with E-state index < -0.39 is 0 Å². The average Bonchev–Trinajstić information content (AvgIpc) is 2.62. The summed E-state index contributed by atoms with van der Waals surface area (Å²) in [6, 6.07) is 8.35. The summed E-state index contributed by atoms with van der Waals surface area (Å²) in [5, 5.41) is 10.3. The Hall–Kier alpha value is -1.10. The van der Waals surface area contributed by atoms with Crippen molar-refractivity contribution >= 4 is 0 Å². The first kappa shape index (κ1) is 17.7. The van der Waals surface area contributed by atoms with Crippen molar-refractivity contribution in [2.45, 2.75) is 51.7 Å². The van der Waals surface area contributed by atoms with Gasteiger partial charge in [0.2, 0.25) is 0 Å². The van der Waals surface area contributed by atoms with Crippen LogP contribution in [0.4, 0.5) is 0 Å². The zero-order valence-electron chi connectivity index (χ0n) is 15.0. The maximum absolute atomic E-state index is 10.3. The van der Waals surface area contributed by atoms with Crippen molar-refractivity contribution < 1.29 is 14.6 Å². The Bertz CT molecular complexity index is 523. The number of aryl methyl sites for hydroxylation is 1. The summed E-state index contributed by atoms with van der Waals surface area (Å²) in [4.78, 5) is 2.45. The normalized spacial score (nSPS) is 26.3. The van der Waals surface area contributed by atoms with Crippen LogP contribution in [0.1, 0.15) is 38.7 Å². The monoisotopic (exact) mass is 333 g/mol. The fourth-order valence-electron chi connectivity index (χ4n) is 4.16. The fourth-order valence-corrected chi connectivity index (χ4v) is 4.16. The van der Waals surface area contributed by atoms with Crippen molar-refractivity contribution in [2.24, 2.45) is 5.41 Å². The molecule has 1 N–H and O–H groups in total. The van der Waals surface area contributed by atoms with Gasteiger partial charge in [-0.15, -0.1) is 0 Å². The molecule has 1 saturated heterocycles. The van der Waals surface area contributed by atoms with Gasteiger partial charge in [-0.05, 0) is 57.0 Å². The van der Waals surface area contributed by atoms with Crippen molar-refractivity contribution in [3.63, 3.8) is 0 Å². The minimum absolute atomic E-state index is 0.0167. The van der Waals surface area contributed by atoms with Gasteiger partial charge >= 0.3 is 0 Å². The summed E-state index contributed by atoms with van der Waals surface area (Å²) in [7, 11) is 0. The fraction of sp³-hybridized carbons (Fsp3) is 0.700. The predicted octanol–water partition coefficient (Wildman–Crippen LogP) is 2.88. The molecule has 4 heteroatoms. The number of hydrogen-bond donors (Lipinski definition) is 1. The molecule has 2 aliphatic rings. The number of ether oxygens (including phenoxy) is 2. The van der Waals surface area contributed by atoms with Gasteiger partial charge < -0.3 is 14.6 Å². The summed E-state index contributed by atoms with van der Waals surface area (Å²) in [5.74, 6) is 0.966. The highest BCUT2D eigenvalue weighted by atomic mass is 16.5. The molecule has 24 heavy (non-hydrogen) atoms. The molecule has 0 amide bonds. The summed E-state index contributed by atoms with van der Waals surface area (Å²) in [5.41, 5.74) is 1.33. The summed E-state index contributed by atoms with van der Waals surface area (Å²) in [6.45, 7) is 8.66. The van der Waals surface area contributed by atoms with Crippen molar-refractivity contribution in [3.8, 4) is 5.75 Å². The van der Waals surface area contributed by atoms with Gasteiger partial charge in [0.15, 0.2) is 0 Å². The molecule has 134 valence electrons. The van der Waals surface area contributed by atoms with Crippen molar-refractivity contribution in [1.82, 2.24) is 4.90 Å². The van der Waals surface area contributed by atoms with Crippen LogP contribution in [-0.4, -0.2) is 55.1 Å². The molecule has 2 fully saturated rings. The van der Waals surface area contributed by atoms with E-state index in [1.807, 2.05) is 13.0 Å². The van der Waals surface area contributed by atoms with Gasteiger partial charge in [0.25, 0.3) is 0 Å². The van der Waals surface area contributed by atoms with E-state index in [0.717, 1.165) is 64.3 Å². The third-order valence-electron chi connectivity index (χ3n) is 5.88. The van der Waals surface area contributed by atoms with Crippen molar-refractivity contribution in [1.29, 1.82) is 0 Å². The molecule has 2 unspecified atom stereocenters. The number of likely N-dealkylation sites (tertiary alicyclic amines) is 1. The number of benzene rings is 1. The lowest BCUT2D eigenvalue weighted by molar-refractivity contribution is -0.209. The topological polar surface area (TPSA) is 41.9 Å². The third-order valence-corrected chi connectivity index (χ3v) is 5.88. The van der Waals surface area contributed by atoms with Crippen LogP contribution in [-0.2, 0) is 11.2 Å². The molecule has 1 heterocycles. The van der Waals surface area contributed by atoms with Crippen molar-refractivity contribution in [3.05, 3.63) is 29.8 Å². The molecule has 1 spiro atoms. The van der Waals surface area contributed by atoms with Crippen LogP contribution in [0.5, 0.6) is 5.75 Å². The van der Waals surface area contributed by atoms with E-state index in [-0.39, 0.29) is 17.6 Å².